The van der Waals surface area contributed by atoms with Gasteiger partial charge in [-0.3, -0.25) is 5.10 Å². The van der Waals surface area contributed by atoms with Crippen molar-refractivity contribution in [1.29, 1.82) is 0 Å². The predicted octanol–water partition coefficient (Wildman–Crippen LogP) is 2.04. The zero-order valence-corrected chi connectivity index (χ0v) is 13.2. The molecule has 0 atom stereocenters. The molecule has 21 heavy (non-hydrogen) atoms. The summed E-state index contributed by atoms with van der Waals surface area (Å²) in [5.41, 5.74) is 0.746. The van der Waals surface area contributed by atoms with Crippen LogP contribution in [0.15, 0.2) is 6.20 Å². The second-order valence-electron chi connectivity index (χ2n) is 5.27. The van der Waals surface area contributed by atoms with Crippen molar-refractivity contribution in [2.75, 3.05) is 37.0 Å². The molecule has 0 aliphatic carbocycles. The third-order valence-corrected chi connectivity index (χ3v) is 3.06. The molecule has 2 N–H and O–H groups in total. The highest BCUT2D eigenvalue weighted by atomic mass is 16.5. The molecule has 0 aliphatic heterocycles. The van der Waals surface area contributed by atoms with E-state index in [1.165, 1.54) is 0 Å². The van der Waals surface area contributed by atoms with Gasteiger partial charge in [0.1, 0.15) is 5.82 Å². The first kappa shape index (κ1) is 15.5. The molecule has 116 valence electrons. The Labute approximate surface area is 125 Å². The molecule has 0 aromatic carbocycles. The van der Waals surface area contributed by atoms with Gasteiger partial charge < -0.3 is 15.0 Å². The van der Waals surface area contributed by atoms with Gasteiger partial charge in [0.2, 0.25) is 5.95 Å². The van der Waals surface area contributed by atoms with Crippen LogP contribution >= 0.6 is 0 Å². The Morgan fingerprint density at radius 2 is 2.19 bits per heavy atom. The second-order valence-corrected chi connectivity index (χ2v) is 5.27. The Morgan fingerprint density at radius 1 is 1.38 bits per heavy atom. The summed E-state index contributed by atoms with van der Waals surface area (Å²) < 4.78 is 5.60. The van der Waals surface area contributed by atoms with Crippen molar-refractivity contribution in [1.82, 2.24) is 20.2 Å². The maximum atomic E-state index is 5.60. The molecule has 2 aromatic rings. The van der Waals surface area contributed by atoms with E-state index in [1.807, 2.05) is 20.9 Å². The lowest BCUT2D eigenvalue weighted by Gasteiger charge is -2.20. The van der Waals surface area contributed by atoms with Crippen molar-refractivity contribution < 1.29 is 4.74 Å². The number of fused-ring (bicyclic) bond motifs is 1. The van der Waals surface area contributed by atoms with Crippen LogP contribution in [0.1, 0.15) is 27.2 Å². The number of nitrogens with one attached hydrogen (secondary N) is 2. The highest BCUT2D eigenvalue weighted by Gasteiger charge is 2.13. The van der Waals surface area contributed by atoms with Crippen molar-refractivity contribution in [3.8, 4) is 0 Å². The fourth-order valence-corrected chi connectivity index (χ4v) is 1.96. The van der Waals surface area contributed by atoms with Crippen molar-refractivity contribution in [2.45, 2.75) is 33.3 Å². The van der Waals surface area contributed by atoms with Gasteiger partial charge in [-0.25, -0.2) is 0 Å². The summed E-state index contributed by atoms with van der Waals surface area (Å²) in [6.45, 7) is 8.45. The standard InChI is InChI=1S/C14H24N6O/c1-5-6-15-14-17-12-11(9-16-19-12)13(18-14)20(4)7-8-21-10(2)3/h9-10H,5-8H2,1-4H3,(H2,15,16,17,18,19). The molecule has 0 fully saturated rings. The first-order valence-electron chi connectivity index (χ1n) is 7.39. The summed E-state index contributed by atoms with van der Waals surface area (Å²) in [5.74, 6) is 1.49. The Morgan fingerprint density at radius 3 is 2.90 bits per heavy atom. The van der Waals surface area contributed by atoms with E-state index in [4.69, 9.17) is 4.74 Å². The van der Waals surface area contributed by atoms with Crippen molar-refractivity contribution in [2.24, 2.45) is 0 Å². The van der Waals surface area contributed by atoms with E-state index >= 15 is 0 Å². The van der Waals surface area contributed by atoms with Crippen LogP contribution in [0.25, 0.3) is 11.0 Å². The number of anilines is 2. The van der Waals surface area contributed by atoms with Crippen LogP contribution < -0.4 is 10.2 Å². The van der Waals surface area contributed by atoms with E-state index in [0.29, 0.717) is 12.6 Å². The summed E-state index contributed by atoms with van der Waals surface area (Å²) in [6, 6.07) is 0. The largest absolute Gasteiger partial charge is 0.377 e. The van der Waals surface area contributed by atoms with Gasteiger partial charge in [0.25, 0.3) is 0 Å². The SMILES string of the molecule is CCCNc1nc(N(C)CCOC(C)C)c2cn[nH]c2n1. The van der Waals surface area contributed by atoms with E-state index in [0.717, 1.165) is 36.4 Å². The third-order valence-electron chi connectivity index (χ3n) is 3.06. The van der Waals surface area contributed by atoms with Crippen LogP contribution in [0.5, 0.6) is 0 Å². The topological polar surface area (TPSA) is 79.0 Å². The lowest BCUT2D eigenvalue weighted by molar-refractivity contribution is 0.0845. The van der Waals surface area contributed by atoms with Crippen LogP contribution in [-0.2, 0) is 4.74 Å². The number of nitrogens with zero attached hydrogens (tertiary/aromatic N) is 4. The summed E-state index contributed by atoms with van der Waals surface area (Å²) in [7, 11) is 2.00. The molecular formula is C14H24N6O. The maximum absolute atomic E-state index is 5.60. The minimum atomic E-state index is 0.236. The van der Waals surface area contributed by atoms with Crippen LogP contribution in [-0.4, -0.2) is 53.0 Å². The molecule has 2 heterocycles. The number of hydrogen-bond donors (Lipinski definition) is 2. The molecule has 0 unspecified atom stereocenters. The molecular weight excluding hydrogens is 268 g/mol. The molecule has 0 spiro atoms. The first-order chi connectivity index (χ1) is 10.1. The Bertz CT molecular complexity index is 568. The van der Waals surface area contributed by atoms with Gasteiger partial charge in [-0.2, -0.15) is 15.1 Å². The van der Waals surface area contributed by atoms with Crippen molar-refractivity contribution in [3.05, 3.63) is 6.20 Å². The van der Waals surface area contributed by atoms with Crippen LogP contribution in [0.2, 0.25) is 0 Å². The summed E-state index contributed by atoms with van der Waals surface area (Å²) >= 11 is 0. The first-order valence-corrected chi connectivity index (χ1v) is 7.39. The average Bonchev–Trinajstić information content (AvgIpc) is 2.91. The quantitative estimate of drug-likeness (QED) is 0.775. The fraction of sp³-hybridized carbons (Fsp3) is 0.643. The van der Waals surface area contributed by atoms with Crippen molar-refractivity contribution >= 4 is 22.8 Å². The number of hydrogen-bond acceptors (Lipinski definition) is 6. The molecule has 0 aliphatic rings. The van der Waals surface area contributed by atoms with E-state index in [2.05, 4.69) is 37.3 Å². The van der Waals surface area contributed by atoms with Gasteiger partial charge in [0.05, 0.1) is 24.3 Å². The van der Waals surface area contributed by atoms with Crippen LogP contribution in [0.4, 0.5) is 11.8 Å². The summed E-state index contributed by atoms with van der Waals surface area (Å²) in [6.07, 6.45) is 3.02. The molecule has 0 radical (unpaired) electrons. The van der Waals surface area contributed by atoms with Gasteiger partial charge in [-0.1, -0.05) is 6.92 Å². The van der Waals surface area contributed by atoms with Gasteiger partial charge in [-0.15, -0.1) is 0 Å². The number of ether oxygens (including phenoxy) is 1. The van der Waals surface area contributed by atoms with E-state index < -0.39 is 0 Å². The smallest absolute Gasteiger partial charge is 0.226 e. The monoisotopic (exact) mass is 292 g/mol. The number of rotatable bonds is 8. The average molecular weight is 292 g/mol. The lowest BCUT2D eigenvalue weighted by Crippen LogP contribution is -2.25. The minimum absolute atomic E-state index is 0.236. The normalized spacial score (nSPS) is 11.3. The Kier molecular flexibility index (Phi) is 5.32. The lowest BCUT2D eigenvalue weighted by atomic mass is 10.3. The number of aromatic amines is 1. The number of H-pyrrole nitrogens is 1. The van der Waals surface area contributed by atoms with Gasteiger partial charge >= 0.3 is 0 Å². The molecule has 0 saturated carbocycles. The molecule has 7 nitrogen and oxygen atoms in total. The highest BCUT2D eigenvalue weighted by Crippen LogP contribution is 2.22. The molecule has 0 saturated heterocycles. The number of aromatic nitrogens is 4. The summed E-state index contributed by atoms with van der Waals surface area (Å²) in [5, 5.41) is 11.1. The summed E-state index contributed by atoms with van der Waals surface area (Å²) in [4.78, 5) is 11.1. The highest BCUT2D eigenvalue weighted by molar-refractivity contribution is 5.87. The van der Waals surface area contributed by atoms with Crippen LogP contribution in [0, 0.1) is 0 Å². The van der Waals surface area contributed by atoms with Gasteiger partial charge in [0.15, 0.2) is 5.65 Å². The Hall–Kier alpha value is -1.89. The molecule has 2 rings (SSSR count). The van der Waals surface area contributed by atoms with E-state index in [-0.39, 0.29) is 6.10 Å². The zero-order chi connectivity index (χ0) is 15.2. The molecule has 0 amide bonds. The van der Waals surface area contributed by atoms with E-state index in [9.17, 15) is 0 Å². The molecule has 2 aromatic heterocycles. The van der Waals surface area contributed by atoms with Crippen molar-refractivity contribution in [3.63, 3.8) is 0 Å². The Balaban J connectivity index is 2.17. The van der Waals surface area contributed by atoms with Gasteiger partial charge in [-0.05, 0) is 20.3 Å². The minimum Gasteiger partial charge on any atom is -0.377 e. The van der Waals surface area contributed by atoms with E-state index in [1.54, 1.807) is 6.20 Å². The van der Waals surface area contributed by atoms with Gasteiger partial charge in [0, 0.05) is 20.1 Å². The predicted molar refractivity (Wildman–Crippen MR) is 84.8 cm³/mol. The molecule has 7 heteroatoms. The molecule has 0 bridgehead atoms. The zero-order valence-electron chi connectivity index (χ0n) is 13.2. The fourth-order valence-electron chi connectivity index (χ4n) is 1.96. The van der Waals surface area contributed by atoms with Crippen LogP contribution in [0.3, 0.4) is 0 Å². The maximum Gasteiger partial charge on any atom is 0.226 e. The number of likely N-dealkylation sites (N-methyl/N-ethyl adjacent to an activating group) is 1. The second kappa shape index (κ2) is 7.21. The third kappa shape index (κ3) is 4.04.